The highest BCUT2D eigenvalue weighted by Crippen LogP contribution is 2.46. The van der Waals surface area contributed by atoms with Gasteiger partial charge in [-0.3, -0.25) is 9.59 Å². The quantitative estimate of drug-likeness (QED) is 0.478. The highest BCUT2D eigenvalue weighted by molar-refractivity contribution is 7.92. The third-order valence-corrected chi connectivity index (χ3v) is 9.70. The van der Waals surface area contributed by atoms with Crippen LogP contribution in [0.3, 0.4) is 0 Å². The van der Waals surface area contributed by atoms with Crippen molar-refractivity contribution in [3.05, 3.63) is 77.6 Å². The molecular formula is C28H30N2O5S. The molecule has 5 rings (SSSR count). The second-order valence-electron chi connectivity index (χ2n) is 10.5. The predicted octanol–water partition coefficient (Wildman–Crippen LogP) is 4.78. The lowest BCUT2D eigenvalue weighted by Gasteiger charge is -2.45. The SMILES string of the molecule is CC(=O)c1ccc2n1-c1ccccc1OC21CCN(C(=O)c2ccc(S(=O)(=O)C(C)(C)C)cc2)CC1. The van der Waals surface area contributed by atoms with Crippen LogP contribution in [0, 0.1) is 0 Å². The first kappa shape index (κ1) is 24.3. The van der Waals surface area contributed by atoms with E-state index in [0.717, 1.165) is 17.1 Å². The lowest BCUT2D eigenvalue weighted by molar-refractivity contribution is -0.00942. The molecular weight excluding hydrogens is 476 g/mol. The fourth-order valence-electron chi connectivity index (χ4n) is 5.06. The first-order chi connectivity index (χ1) is 16.9. The van der Waals surface area contributed by atoms with Crippen LogP contribution in [0.1, 0.15) is 67.1 Å². The number of ether oxygens (including phenoxy) is 1. The van der Waals surface area contributed by atoms with E-state index in [0.29, 0.717) is 37.2 Å². The number of hydrogen-bond acceptors (Lipinski definition) is 5. The van der Waals surface area contributed by atoms with E-state index in [-0.39, 0.29) is 16.6 Å². The molecule has 3 heterocycles. The summed E-state index contributed by atoms with van der Waals surface area (Å²) in [5.74, 6) is 0.567. The molecule has 0 saturated carbocycles. The van der Waals surface area contributed by atoms with Crippen LogP contribution in [0.25, 0.3) is 5.69 Å². The molecule has 2 aromatic carbocycles. The third kappa shape index (κ3) is 3.75. The highest BCUT2D eigenvalue weighted by atomic mass is 32.2. The van der Waals surface area contributed by atoms with E-state index in [1.807, 2.05) is 41.0 Å². The molecule has 3 aromatic rings. The smallest absolute Gasteiger partial charge is 0.253 e. The standard InChI is InChI=1S/C28H30N2O5S/c1-19(31)22-13-14-25-28(35-24-8-6-5-7-23(24)30(22)25)15-17-29(18-16-28)26(32)20-9-11-21(12-10-20)36(33,34)27(2,3)4/h5-14H,15-18H2,1-4H3. The number of ketones is 1. The largest absolute Gasteiger partial charge is 0.479 e. The monoisotopic (exact) mass is 506 g/mol. The van der Waals surface area contributed by atoms with Crippen LogP contribution in [0.15, 0.2) is 65.6 Å². The van der Waals surface area contributed by atoms with Crippen LogP contribution in [0.2, 0.25) is 0 Å². The van der Waals surface area contributed by atoms with Crippen molar-refractivity contribution in [3.63, 3.8) is 0 Å². The minimum atomic E-state index is -3.49. The molecule has 1 fully saturated rings. The van der Waals surface area contributed by atoms with E-state index in [4.69, 9.17) is 4.74 Å². The summed E-state index contributed by atoms with van der Waals surface area (Å²) in [6, 6.07) is 17.7. The summed E-state index contributed by atoms with van der Waals surface area (Å²) < 4.78 is 33.1. The number of piperidine rings is 1. The molecule has 2 aliphatic rings. The average molecular weight is 507 g/mol. The number of rotatable bonds is 3. The molecule has 0 atom stereocenters. The lowest BCUT2D eigenvalue weighted by atomic mass is 9.86. The Balaban J connectivity index is 1.38. The molecule has 36 heavy (non-hydrogen) atoms. The lowest BCUT2D eigenvalue weighted by Crippen LogP contribution is -2.50. The number of fused-ring (bicyclic) bond motifs is 4. The molecule has 0 bridgehead atoms. The third-order valence-electron chi connectivity index (χ3n) is 7.20. The Kier molecular flexibility index (Phi) is 5.63. The number of nitrogens with zero attached hydrogens (tertiary/aromatic N) is 2. The summed E-state index contributed by atoms with van der Waals surface area (Å²) in [7, 11) is -3.49. The molecule has 8 heteroatoms. The van der Waals surface area contributed by atoms with E-state index < -0.39 is 20.2 Å². The summed E-state index contributed by atoms with van der Waals surface area (Å²) in [6.07, 6.45) is 1.15. The average Bonchev–Trinajstić information content (AvgIpc) is 3.31. The van der Waals surface area contributed by atoms with Gasteiger partial charge in [-0.05, 0) is 69.3 Å². The summed E-state index contributed by atoms with van der Waals surface area (Å²) in [4.78, 5) is 27.6. The van der Waals surface area contributed by atoms with Crippen LogP contribution in [0.5, 0.6) is 5.75 Å². The van der Waals surface area contributed by atoms with Gasteiger partial charge >= 0.3 is 0 Å². The van der Waals surface area contributed by atoms with E-state index in [1.165, 1.54) is 12.1 Å². The van der Waals surface area contributed by atoms with Crippen molar-refractivity contribution in [1.82, 2.24) is 9.47 Å². The summed E-state index contributed by atoms with van der Waals surface area (Å²) in [5.41, 5.74) is 2.20. The van der Waals surface area contributed by atoms with Crippen molar-refractivity contribution in [2.75, 3.05) is 13.1 Å². The van der Waals surface area contributed by atoms with E-state index in [1.54, 1.807) is 44.7 Å². The minimum absolute atomic E-state index is 0.0161. The Morgan fingerprint density at radius 2 is 1.56 bits per heavy atom. The maximum Gasteiger partial charge on any atom is 0.253 e. The van der Waals surface area contributed by atoms with Crippen LogP contribution in [-0.2, 0) is 15.4 Å². The Morgan fingerprint density at radius 3 is 2.17 bits per heavy atom. The van der Waals surface area contributed by atoms with E-state index in [9.17, 15) is 18.0 Å². The van der Waals surface area contributed by atoms with Crippen LogP contribution >= 0.6 is 0 Å². The number of Topliss-reactive ketones (excluding diaryl/α,β-unsaturated/α-hetero) is 1. The van der Waals surface area contributed by atoms with Gasteiger partial charge in [0.15, 0.2) is 21.2 Å². The second kappa shape index (κ2) is 8.34. The molecule has 0 N–H and O–H groups in total. The zero-order valence-corrected chi connectivity index (χ0v) is 21.8. The first-order valence-electron chi connectivity index (χ1n) is 12.1. The number of aromatic nitrogens is 1. The van der Waals surface area contributed by atoms with Gasteiger partial charge in [-0.25, -0.2) is 8.42 Å². The van der Waals surface area contributed by atoms with Crippen molar-refractivity contribution in [1.29, 1.82) is 0 Å². The zero-order valence-electron chi connectivity index (χ0n) is 20.9. The number of para-hydroxylation sites is 2. The van der Waals surface area contributed by atoms with E-state index in [2.05, 4.69) is 0 Å². The Hall–Kier alpha value is -3.39. The number of amides is 1. The zero-order chi connectivity index (χ0) is 25.9. The van der Waals surface area contributed by atoms with Crippen molar-refractivity contribution < 1.29 is 22.7 Å². The Labute approximate surface area is 211 Å². The van der Waals surface area contributed by atoms with Crippen molar-refractivity contribution in [3.8, 4) is 11.4 Å². The molecule has 1 spiro atoms. The van der Waals surface area contributed by atoms with Gasteiger partial charge in [-0.15, -0.1) is 0 Å². The van der Waals surface area contributed by atoms with E-state index >= 15 is 0 Å². The minimum Gasteiger partial charge on any atom is -0.479 e. The molecule has 188 valence electrons. The number of likely N-dealkylation sites (tertiary alicyclic amines) is 1. The second-order valence-corrected chi connectivity index (χ2v) is 13.2. The van der Waals surface area contributed by atoms with Gasteiger partial charge in [0, 0.05) is 38.4 Å². The number of carbonyl (C=O) groups is 2. The summed E-state index contributed by atoms with van der Waals surface area (Å²) in [5, 5.41) is 0. The highest BCUT2D eigenvalue weighted by Gasteiger charge is 2.45. The van der Waals surface area contributed by atoms with Gasteiger partial charge in [0.05, 0.1) is 26.7 Å². The van der Waals surface area contributed by atoms with Crippen molar-refractivity contribution in [2.24, 2.45) is 0 Å². The fraction of sp³-hybridized carbons (Fsp3) is 0.357. The fourth-order valence-corrected chi connectivity index (χ4v) is 6.26. The molecule has 0 radical (unpaired) electrons. The van der Waals surface area contributed by atoms with Crippen molar-refractivity contribution in [2.45, 2.75) is 55.8 Å². The van der Waals surface area contributed by atoms with Gasteiger partial charge in [0.1, 0.15) is 5.75 Å². The molecule has 1 aromatic heterocycles. The van der Waals surface area contributed by atoms with Gasteiger partial charge in [0.2, 0.25) is 0 Å². The number of benzene rings is 2. The molecule has 1 amide bonds. The van der Waals surface area contributed by atoms with Crippen LogP contribution in [0.4, 0.5) is 0 Å². The maximum atomic E-state index is 13.3. The molecule has 0 unspecified atom stereocenters. The summed E-state index contributed by atoms with van der Waals surface area (Å²) >= 11 is 0. The summed E-state index contributed by atoms with van der Waals surface area (Å²) in [6.45, 7) is 7.49. The predicted molar refractivity (Wildman–Crippen MR) is 137 cm³/mol. The van der Waals surface area contributed by atoms with Gasteiger partial charge in [-0.2, -0.15) is 0 Å². The molecule has 2 aliphatic heterocycles. The van der Waals surface area contributed by atoms with Crippen LogP contribution < -0.4 is 4.74 Å². The van der Waals surface area contributed by atoms with Crippen LogP contribution in [-0.4, -0.2) is 47.4 Å². The number of sulfone groups is 1. The maximum absolute atomic E-state index is 13.3. The van der Waals surface area contributed by atoms with Gasteiger partial charge in [-0.1, -0.05) is 12.1 Å². The van der Waals surface area contributed by atoms with Gasteiger partial charge < -0.3 is 14.2 Å². The molecule has 1 saturated heterocycles. The van der Waals surface area contributed by atoms with Gasteiger partial charge in [0.25, 0.3) is 5.91 Å². The number of carbonyl (C=O) groups excluding carboxylic acids is 2. The Morgan fingerprint density at radius 1 is 0.917 bits per heavy atom. The van der Waals surface area contributed by atoms with Crippen molar-refractivity contribution >= 4 is 21.5 Å². The molecule has 7 nitrogen and oxygen atoms in total. The number of hydrogen-bond donors (Lipinski definition) is 0. The normalized spacial score (nSPS) is 16.7. The molecule has 0 aliphatic carbocycles. The Bertz CT molecular complexity index is 1450. The first-order valence-corrected chi connectivity index (χ1v) is 13.6. The topological polar surface area (TPSA) is 85.7 Å².